The van der Waals surface area contributed by atoms with Crippen LogP contribution in [0.5, 0.6) is 0 Å². The SMILES string of the molecule is [C-]#[N+]CCSc1cc(NC(=O)c2ccc([N+](=O)[O-])cc2)c(SCCC#N)cc1N. The molecule has 0 aliphatic heterocycles. The molecule has 0 fully saturated rings. The highest BCUT2D eigenvalue weighted by atomic mass is 32.2. The number of hydrogen-bond acceptors (Lipinski definition) is 7. The van der Waals surface area contributed by atoms with E-state index in [1.54, 1.807) is 12.1 Å². The normalized spacial score (nSPS) is 10.0. The number of nitrogens with one attached hydrogen (secondary N) is 1. The van der Waals surface area contributed by atoms with Crippen molar-refractivity contribution in [3.05, 3.63) is 63.5 Å². The lowest BCUT2D eigenvalue weighted by Gasteiger charge is -2.14. The van der Waals surface area contributed by atoms with Gasteiger partial charge in [0.15, 0.2) is 0 Å². The van der Waals surface area contributed by atoms with E-state index in [2.05, 4.69) is 16.2 Å². The monoisotopic (exact) mass is 427 g/mol. The van der Waals surface area contributed by atoms with Gasteiger partial charge in [-0.1, -0.05) is 0 Å². The van der Waals surface area contributed by atoms with E-state index in [1.807, 2.05) is 0 Å². The number of hydrogen-bond donors (Lipinski definition) is 2. The highest BCUT2D eigenvalue weighted by Crippen LogP contribution is 2.36. The maximum atomic E-state index is 12.6. The van der Waals surface area contributed by atoms with Crippen LogP contribution in [-0.2, 0) is 0 Å². The van der Waals surface area contributed by atoms with Gasteiger partial charge in [-0.15, -0.1) is 23.5 Å². The van der Waals surface area contributed by atoms with Gasteiger partial charge in [0.25, 0.3) is 11.6 Å². The summed E-state index contributed by atoms with van der Waals surface area (Å²) in [6.45, 7) is 7.23. The molecule has 8 nitrogen and oxygen atoms in total. The van der Waals surface area contributed by atoms with E-state index in [9.17, 15) is 14.9 Å². The first-order valence-corrected chi connectivity index (χ1v) is 10.4. The van der Waals surface area contributed by atoms with Crippen molar-refractivity contribution in [1.82, 2.24) is 0 Å². The highest BCUT2D eigenvalue weighted by Gasteiger charge is 2.15. The standard InChI is InChI=1S/C19H17N5O3S2/c1-22-8-10-29-17-12-16(18(11-15(17)21)28-9-2-7-20)23-19(25)13-3-5-14(6-4-13)24(26)27/h3-6,11-12H,2,8-10,21H2,(H,23,25). The molecule has 0 aliphatic rings. The first-order chi connectivity index (χ1) is 14.0. The molecule has 2 aromatic rings. The van der Waals surface area contributed by atoms with Crippen molar-refractivity contribution in [2.24, 2.45) is 0 Å². The average molecular weight is 428 g/mol. The number of nitro groups is 1. The minimum Gasteiger partial charge on any atom is -0.398 e. The lowest BCUT2D eigenvalue weighted by Crippen LogP contribution is -2.13. The van der Waals surface area contributed by atoms with E-state index in [-0.39, 0.29) is 11.3 Å². The molecule has 0 saturated heterocycles. The number of nitrogens with two attached hydrogens (primary N) is 1. The minimum atomic E-state index is -0.530. The fourth-order valence-corrected chi connectivity index (χ4v) is 3.97. The molecule has 148 valence electrons. The lowest BCUT2D eigenvalue weighted by atomic mass is 10.2. The fraction of sp³-hybridized carbons (Fsp3) is 0.211. The molecule has 10 heteroatoms. The summed E-state index contributed by atoms with van der Waals surface area (Å²) in [7, 11) is 0. The van der Waals surface area contributed by atoms with E-state index < -0.39 is 10.8 Å². The maximum absolute atomic E-state index is 12.6. The van der Waals surface area contributed by atoms with Crippen LogP contribution in [0.3, 0.4) is 0 Å². The average Bonchev–Trinajstić information content (AvgIpc) is 2.71. The summed E-state index contributed by atoms with van der Waals surface area (Å²) in [5.41, 5.74) is 7.37. The summed E-state index contributed by atoms with van der Waals surface area (Å²) in [5.74, 6) is 0.703. The Balaban J connectivity index is 2.27. The van der Waals surface area contributed by atoms with E-state index >= 15 is 0 Å². The van der Waals surface area contributed by atoms with Crippen LogP contribution in [0.4, 0.5) is 17.1 Å². The van der Waals surface area contributed by atoms with Crippen molar-refractivity contribution in [3.63, 3.8) is 0 Å². The highest BCUT2D eigenvalue weighted by molar-refractivity contribution is 8.00. The molecule has 1 amide bonds. The number of carbonyl (C=O) groups is 1. The predicted octanol–water partition coefficient (Wildman–Crippen LogP) is 4.45. The molecule has 2 rings (SSSR count). The van der Waals surface area contributed by atoms with Crippen LogP contribution in [0.15, 0.2) is 46.2 Å². The number of nitriles is 1. The lowest BCUT2D eigenvalue weighted by molar-refractivity contribution is -0.384. The molecule has 0 bridgehead atoms. The van der Waals surface area contributed by atoms with Gasteiger partial charge in [0.05, 0.1) is 22.4 Å². The van der Waals surface area contributed by atoms with E-state index in [0.29, 0.717) is 35.8 Å². The summed E-state index contributed by atoms with van der Waals surface area (Å²) in [5, 5.41) is 22.3. The maximum Gasteiger partial charge on any atom is 0.269 e. The molecule has 29 heavy (non-hydrogen) atoms. The Morgan fingerprint density at radius 1 is 1.24 bits per heavy atom. The Kier molecular flexibility index (Phi) is 8.34. The minimum absolute atomic E-state index is 0.0970. The topological polar surface area (TPSA) is 126 Å². The molecule has 0 radical (unpaired) electrons. The van der Waals surface area contributed by atoms with Crippen molar-refractivity contribution >= 4 is 46.5 Å². The van der Waals surface area contributed by atoms with Crippen molar-refractivity contribution < 1.29 is 9.72 Å². The number of nitro benzene ring substituents is 1. The number of anilines is 2. The quantitative estimate of drug-likeness (QED) is 0.151. The van der Waals surface area contributed by atoms with Crippen molar-refractivity contribution in [2.45, 2.75) is 16.2 Å². The number of non-ortho nitro benzene ring substituents is 1. The van der Waals surface area contributed by atoms with Crippen LogP contribution in [0.2, 0.25) is 0 Å². The molecule has 0 heterocycles. The Bertz CT molecular complexity index is 981. The number of nitrogen functional groups attached to an aromatic ring is 1. The van der Waals surface area contributed by atoms with Gasteiger partial charge in [0.2, 0.25) is 6.54 Å². The molecule has 0 spiro atoms. The van der Waals surface area contributed by atoms with Crippen molar-refractivity contribution in [3.8, 4) is 6.07 Å². The number of amides is 1. The van der Waals surface area contributed by atoms with Gasteiger partial charge in [-0.3, -0.25) is 14.9 Å². The Morgan fingerprint density at radius 3 is 2.55 bits per heavy atom. The van der Waals surface area contributed by atoms with Gasteiger partial charge in [0.1, 0.15) is 0 Å². The predicted molar refractivity (Wildman–Crippen MR) is 115 cm³/mol. The number of thioether (sulfide) groups is 2. The second-order valence-electron chi connectivity index (χ2n) is 5.63. The van der Waals surface area contributed by atoms with Gasteiger partial charge in [-0.2, -0.15) is 5.26 Å². The number of rotatable bonds is 9. The van der Waals surface area contributed by atoms with Crippen LogP contribution >= 0.6 is 23.5 Å². The van der Waals surface area contributed by atoms with Gasteiger partial charge < -0.3 is 15.9 Å². The molecule has 0 atom stereocenters. The van der Waals surface area contributed by atoms with Gasteiger partial charge in [0, 0.05) is 45.3 Å². The summed E-state index contributed by atoms with van der Waals surface area (Å²) in [4.78, 5) is 27.6. The zero-order valence-electron chi connectivity index (χ0n) is 15.3. The first kappa shape index (κ1) is 22.1. The number of nitrogens with zero attached hydrogens (tertiary/aromatic N) is 3. The molecular formula is C19H17N5O3S2. The first-order valence-electron chi connectivity index (χ1n) is 8.41. The molecule has 0 unspecified atom stereocenters. The largest absolute Gasteiger partial charge is 0.398 e. The second kappa shape index (κ2) is 11.0. The summed E-state index contributed by atoms with van der Waals surface area (Å²) < 4.78 is 0. The molecule has 2 aromatic carbocycles. The van der Waals surface area contributed by atoms with Crippen LogP contribution in [0.25, 0.3) is 4.85 Å². The third-order valence-electron chi connectivity index (χ3n) is 3.63. The second-order valence-corrected chi connectivity index (χ2v) is 7.90. The van der Waals surface area contributed by atoms with Crippen LogP contribution in [0.1, 0.15) is 16.8 Å². The van der Waals surface area contributed by atoms with Crippen LogP contribution in [-0.4, -0.2) is 28.9 Å². The Morgan fingerprint density at radius 2 is 1.93 bits per heavy atom. The third kappa shape index (κ3) is 6.42. The fourth-order valence-electron chi connectivity index (χ4n) is 2.25. The number of benzene rings is 2. The van der Waals surface area contributed by atoms with Crippen molar-refractivity contribution in [2.75, 3.05) is 29.1 Å². The zero-order valence-corrected chi connectivity index (χ0v) is 16.9. The van der Waals surface area contributed by atoms with Gasteiger partial charge >= 0.3 is 0 Å². The van der Waals surface area contributed by atoms with E-state index in [4.69, 9.17) is 17.6 Å². The molecule has 0 aromatic heterocycles. The molecule has 3 N–H and O–H groups in total. The summed E-state index contributed by atoms with van der Waals surface area (Å²) >= 11 is 2.83. The molecule has 0 aliphatic carbocycles. The zero-order chi connectivity index (χ0) is 21.2. The molecular weight excluding hydrogens is 410 g/mol. The van der Waals surface area contributed by atoms with E-state index in [1.165, 1.54) is 47.8 Å². The van der Waals surface area contributed by atoms with Crippen LogP contribution in [0, 0.1) is 28.0 Å². The Labute approximate surface area is 176 Å². The summed E-state index contributed by atoms with van der Waals surface area (Å²) in [6, 6.07) is 10.9. The molecule has 0 saturated carbocycles. The van der Waals surface area contributed by atoms with Crippen molar-refractivity contribution in [1.29, 1.82) is 5.26 Å². The van der Waals surface area contributed by atoms with Crippen LogP contribution < -0.4 is 11.1 Å². The number of carbonyl (C=O) groups excluding carboxylic acids is 1. The Hall–Kier alpha value is -3.21. The summed E-state index contributed by atoms with van der Waals surface area (Å²) in [6.07, 6.45) is 0.349. The third-order valence-corrected chi connectivity index (χ3v) is 5.74. The van der Waals surface area contributed by atoms with Gasteiger partial charge in [-0.25, -0.2) is 6.57 Å². The smallest absolute Gasteiger partial charge is 0.269 e. The van der Waals surface area contributed by atoms with Gasteiger partial charge in [-0.05, 0) is 24.3 Å². The van der Waals surface area contributed by atoms with E-state index in [0.717, 1.165) is 9.79 Å².